The van der Waals surface area contributed by atoms with E-state index in [0.717, 1.165) is 12.8 Å². The number of aliphatic hydroxyl groups is 1. The average molecular weight is 223 g/mol. The van der Waals surface area contributed by atoms with Crippen LogP contribution in [0.4, 0.5) is 13.2 Å². The molecule has 1 aliphatic heterocycles. The second-order valence-corrected chi connectivity index (χ2v) is 4.66. The summed E-state index contributed by atoms with van der Waals surface area (Å²) in [6, 6.07) is 0. The first-order chi connectivity index (χ1) is 6.96. The standard InChI is InChI=1S/C10H16F3NO/c11-10(12,13)9(15)7-3-1-2-4-8(9)6-14-5-7/h7-8,14-15H,1-6H2/t7-,8-/m0/s1. The summed E-state index contributed by atoms with van der Waals surface area (Å²) in [5.74, 6) is -1.34. The second kappa shape index (κ2) is 3.63. The van der Waals surface area contributed by atoms with Gasteiger partial charge in [-0.3, -0.25) is 0 Å². The highest BCUT2D eigenvalue weighted by Crippen LogP contribution is 2.48. The maximum absolute atomic E-state index is 12.9. The van der Waals surface area contributed by atoms with Gasteiger partial charge in [0.2, 0.25) is 0 Å². The highest BCUT2D eigenvalue weighted by molar-refractivity contribution is 5.04. The van der Waals surface area contributed by atoms with E-state index in [-0.39, 0.29) is 13.1 Å². The molecule has 0 spiro atoms. The highest BCUT2D eigenvalue weighted by atomic mass is 19.4. The van der Waals surface area contributed by atoms with Gasteiger partial charge in [-0.25, -0.2) is 0 Å². The first-order valence-corrected chi connectivity index (χ1v) is 5.46. The lowest BCUT2D eigenvalue weighted by atomic mass is 9.72. The van der Waals surface area contributed by atoms with Crippen LogP contribution < -0.4 is 5.32 Å². The van der Waals surface area contributed by atoms with Crippen LogP contribution in [0.15, 0.2) is 0 Å². The molecule has 1 saturated heterocycles. The van der Waals surface area contributed by atoms with Crippen molar-refractivity contribution in [1.29, 1.82) is 0 Å². The first kappa shape index (κ1) is 11.2. The molecule has 88 valence electrons. The third-order valence-electron chi connectivity index (χ3n) is 3.84. The number of piperidine rings is 1. The Hall–Kier alpha value is -0.290. The third-order valence-corrected chi connectivity index (χ3v) is 3.84. The van der Waals surface area contributed by atoms with Crippen molar-refractivity contribution in [2.24, 2.45) is 11.8 Å². The van der Waals surface area contributed by atoms with Crippen LogP contribution in [0, 0.1) is 11.8 Å². The lowest BCUT2D eigenvalue weighted by Crippen LogP contribution is -2.63. The van der Waals surface area contributed by atoms with E-state index in [1.807, 2.05) is 0 Å². The molecule has 0 radical (unpaired) electrons. The van der Waals surface area contributed by atoms with Crippen molar-refractivity contribution in [3.63, 3.8) is 0 Å². The molecule has 1 heterocycles. The summed E-state index contributed by atoms with van der Waals surface area (Å²) in [6.45, 7) is 0.568. The van der Waals surface area contributed by atoms with E-state index >= 15 is 0 Å². The van der Waals surface area contributed by atoms with Crippen LogP contribution in [0.5, 0.6) is 0 Å². The second-order valence-electron chi connectivity index (χ2n) is 4.66. The smallest absolute Gasteiger partial charge is 0.380 e. The normalized spacial score (nSPS) is 42.4. The molecule has 1 saturated carbocycles. The third kappa shape index (κ3) is 1.65. The van der Waals surface area contributed by atoms with Crippen molar-refractivity contribution < 1.29 is 18.3 Å². The molecule has 0 unspecified atom stereocenters. The molecule has 0 aromatic rings. The fourth-order valence-electron chi connectivity index (χ4n) is 2.96. The number of hydrogen-bond acceptors (Lipinski definition) is 2. The van der Waals surface area contributed by atoms with Gasteiger partial charge >= 0.3 is 6.18 Å². The number of rotatable bonds is 0. The molecule has 15 heavy (non-hydrogen) atoms. The van der Waals surface area contributed by atoms with Crippen LogP contribution >= 0.6 is 0 Å². The maximum Gasteiger partial charge on any atom is 0.417 e. The number of halogens is 3. The van der Waals surface area contributed by atoms with E-state index in [2.05, 4.69) is 5.32 Å². The van der Waals surface area contributed by atoms with E-state index in [9.17, 15) is 18.3 Å². The van der Waals surface area contributed by atoms with Gasteiger partial charge in [0.05, 0.1) is 0 Å². The largest absolute Gasteiger partial charge is 0.417 e. The molecule has 0 amide bonds. The lowest BCUT2D eigenvalue weighted by Gasteiger charge is -2.45. The van der Waals surface area contributed by atoms with Crippen molar-refractivity contribution in [3.05, 3.63) is 0 Å². The van der Waals surface area contributed by atoms with Gasteiger partial charge in [0.1, 0.15) is 0 Å². The molecule has 2 bridgehead atoms. The van der Waals surface area contributed by atoms with Crippen LogP contribution in [0.1, 0.15) is 25.7 Å². The van der Waals surface area contributed by atoms with Gasteiger partial charge in [-0.1, -0.05) is 12.8 Å². The number of nitrogens with one attached hydrogen (secondary N) is 1. The Balaban J connectivity index is 2.33. The molecular formula is C10H16F3NO. The first-order valence-electron chi connectivity index (χ1n) is 5.46. The summed E-state index contributed by atoms with van der Waals surface area (Å²) in [7, 11) is 0. The van der Waals surface area contributed by atoms with E-state index in [4.69, 9.17) is 0 Å². The van der Waals surface area contributed by atoms with Crippen molar-refractivity contribution in [2.75, 3.05) is 13.1 Å². The monoisotopic (exact) mass is 223 g/mol. The Morgan fingerprint density at radius 2 is 1.53 bits per heavy atom. The van der Waals surface area contributed by atoms with Gasteiger partial charge in [0, 0.05) is 24.9 Å². The van der Waals surface area contributed by atoms with Crippen LogP contribution in [0.2, 0.25) is 0 Å². The van der Waals surface area contributed by atoms with Crippen LogP contribution in [-0.2, 0) is 0 Å². The molecular weight excluding hydrogens is 207 g/mol. The van der Waals surface area contributed by atoms with Gasteiger partial charge in [0.15, 0.2) is 5.60 Å². The zero-order chi connectivity index (χ0) is 11.1. The molecule has 0 aromatic carbocycles. The molecule has 1 aliphatic carbocycles. The van der Waals surface area contributed by atoms with Gasteiger partial charge in [-0.05, 0) is 12.8 Å². The highest BCUT2D eigenvalue weighted by Gasteiger charge is 2.63. The van der Waals surface area contributed by atoms with E-state index in [1.54, 1.807) is 0 Å². The van der Waals surface area contributed by atoms with Crippen molar-refractivity contribution >= 4 is 0 Å². The predicted molar refractivity (Wildman–Crippen MR) is 49.3 cm³/mol. The summed E-state index contributed by atoms with van der Waals surface area (Å²) >= 11 is 0. The summed E-state index contributed by atoms with van der Waals surface area (Å²) in [6.07, 6.45) is -1.96. The minimum atomic E-state index is -4.49. The van der Waals surface area contributed by atoms with Crippen molar-refractivity contribution in [2.45, 2.75) is 37.5 Å². The summed E-state index contributed by atoms with van der Waals surface area (Å²) in [4.78, 5) is 0. The summed E-state index contributed by atoms with van der Waals surface area (Å²) < 4.78 is 38.8. The molecule has 2 N–H and O–H groups in total. The molecule has 0 aromatic heterocycles. The minimum Gasteiger partial charge on any atom is -0.380 e. The molecule has 5 heteroatoms. The van der Waals surface area contributed by atoms with E-state index in [1.165, 1.54) is 0 Å². The van der Waals surface area contributed by atoms with Gasteiger partial charge in [-0.15, -0.1) is 0 Å². The Bertz CT molecular complexity index is 227. The van der Waals surface area contributed by atoms with Crippen LogP contribution in [0.3, 0.4) is 0 Å². The Morgan fingerprint density at radius 1 is 1.07 bits per heavy atom. The summed E-state index contributed by atoms with van der Waals surface area (Å²) in [5, 5.41) is 13.0. The molecule has 2 fully saturated rings. The quantitative estimate of drug-likeness (QED) is 0.655. The SMILES string of the molecule is OC1(C(F)(F)F)[C@H]2CCCC[C@H]1CNC2. The van der Waals surface area contributed by atoms with Gasteiger partial charge < -0.3 is 10.4 Å². The van der Waals surface area contributed by atoms with Gasteiger partial charge in [0.25, 0.3) is 0 Å². The fourth-order valence-corrected chi connectivity index (χ4v) is 2.96. The minimum absolute atomic E-state index is 0.284. The molecule has 2 nitrogen and oxygen atoms in total. The molecule has 2 rings (SSSR count). The number of hydrogen-bond donors (Lipinski definition) is 2. The number of fused-ring (bicyclic) bond motifs is 2. The Morgan fingerprint density at radius 3 is 1.93 bits per heavy atom. The van der Waals surface area contributed by atoms with Crippen molar-refractivity contribution in [1.82, 2.24) is 5.32 Å². The topological polar surface area (TPSA) is 32.3 Å². The van der Waals surface area contributed by atoms with Gasteiger partial charge in [-0.2, -0.15) is 13.2 Å². The van der Waals surface area contributed by atoms with Crippen molar-refractivity contribution in [3.8, 4) is 0 Å². The predicted octanol–water partition coefficient (Wildman–Crippen LogP) is 1.69. The zero-order valence-corrected chi connectivity index (χ0v) is 8.48. The van der Waals surface area contributed by atoms with Crippen LogP contribution in [-0.4, -0.2) is 30.0 Å². The average Bonchev–Trinajstić information content (AvgIpc) is 2.25. The number of alkyl halides is 3. The van der Waals surface area contributed by atoms with Crippen LogP contribution in [0.25, 0.3) is 0 Å². The maximum atomic E-state index is 12.9. The molecule has 2 atom stereocenters. The fraction of sp³-hybridized carbons (Fsp3) is 1.00. The Kier molecular flexibility index (Phi) is 2.71. The van der Waals surface area contributed by atoms with E-state index in [0.29, 0.717) is 12.8 Å². The zero-order valence-electron chi connectivity index (χ0n) is 8.48. The summed E-state index contributed by atoms with van der Waals surface area (Å²) in [5.41, 5.74) is -2.45. The Labute approximate surface area is 86.9 Å². The lowest BCUT2D eigenvalue weighted by molar-refractivity contribution is -0.303. The van der Waals surface area contributed by atoms with E-state index < -0.39 is 23.6 Å². The molecule has 2 aliphatic rings.